The summed E-state index contributed by atoms with van der Waals surface area (Å²) in [4.78, 5) is 14.6. The summed E-state index contributed by atoms with van der Waals surface area (Å²) in [5.74, 6) is 0.880. The highest BCUT2D eigenvalue weighted by molar-refractivity contribution is 5.85. The normalized spacial score (nSPS) is 15.8. The smallest absolute Gasteiger partial charge is 0.213 e. The van der Waals surface area contributed by atoms with Crippen molar-refractivity contribution in [3.05, 3.63) is 24.4 Å². The molecule has 3 nitrogen and oxygen atoms in total. The highest BCUT2D eigenvalue weighted by atomic mass is 35.5. The number of nitrogens with zero attached hydrogens (tertiary/aromatic N) is 1. The number of hydrogen-bond acceptors (Lipinski definition) is 3. The van der Waals surface area contributed by atoms with E-state index in [1.807, 2.05) is 12.1 Å². The van der Waals surface area contributed by atoms with Gasteiger partial charge in [0.25, 0.3) is 0 Å². The molecule has 0 N–H and O–H groups in total. The molecule has 0 unspecified atom stereocenters. The maximum absolute atomic E-state index is 10.6. The van der Waals surface area contributed by atoms with Gasteiger partial charge < -0.3 is 4.74 Å². The quantitative estimate of drug-likeness (QED) is 0.727. The Hall–Kier alpha value is -1.09. The Morgan fingerprint density at radius 2 is 2.15 bits per heavy atom. The van der Waals surface area contributed by atoms with Gasteiger partial charge in [-0.3, -0.25) is 4.79 Å². The van der Waals surface area contributed by atoms with Crippen LogP contribution in [-0.4, -0.2) is 16.9 Å². The first-order valence-electron chi connectivity index (χ1n) is 3.94. The monoisotopic (exact) mass is 199 g/mol. The lowest BCUT2D eigenvalue weighted by Crippen LogP contribution is -2.33. The zero-order valence-corrected chi connectivity index (χ0v) is 7.79. The summed E-state index contributed by atoms with van der Waals surface area (Å²) in [5.41, 5.74) is 0. The summed E-state index contributed by atoms with van der Waals surface area (Å²) >= 11 is 0. The Morgan fingerprint density at radius 3 is 2.69 bits per heavy atom. The Bertz CT molecular complexity index is 281. The first-order chi connectivity index (χ1) is 5.84. The third-order valence-corrected chi connectivity index (χ3v) is 1.84. The van der Waals surface area contributed by atoms with Gasteiger partial charge in [-0.1, -0.05) is 6.07 Å². The SMILES string of the molecule is Cl.O=C1CC(Oc2ccccn2)C1. The Balaban J connectivity index is 0.000000845. The molecule has 1 aliphatic rings. The number of Topliss-reactive ketones (excluding diaryl/α,β-unsaturated/α-hetero) is 1. The van der Waals surface area contributed by atoms with Crippen LogP contribution in [0, 0.1) is 0 Å². The molecule has 13 heavy (non-hydrogen) atoms. The van der Waals surface area contributed by atoms with E-state index in [0.717, 1.165) is 0 Å². The second kappa shape index (κ2) is 4.23. The fraction of sp³-hybridized carbons (Fsp3) is 0.333. The Kier molecular flexibility index (Phi) is 3.25. The molecule has 1 aliphatic carbocycles. The van der Waals surface area contributed by atoms with Crippen LogP contribution >= 0.6 is 12.4 Å². The summed E-state index contributed by atoms with van der Waals surface area (Å²) in [6.07, 6.45) is 2.82. The van der Waals surface area contributed by atoms with Crippen molar-refractivity contribution < 1.29 is 9.53 Å². The largest absolute Gasteiger partial charge is 0.473 e. The summed E-state index contributed by atoms with van der Waals surface area (Å²) in [7, 11) is 0. The average molecular weight is 200 g/mol. The number of aromatic nitrogens is 1. The molecule has 1 saturated carbocycles. The predicted octanol–water partition coefficient (Wildman–Crippen LogP) is 1.61. The van der Waals surface area contributed by atoms with E-state index in [1.165, 1.54) is 0 Å². The van der Waals surface area contributed by atoms with Crippen LogP contribution in [-0.2, 0) is 4.79 Å². The van der Waals surface area contributed by atoms with Crippen molar-refractivity contribution in [3.8, 4) is 5.88 Å². The van der Waals surface area contributed by atoms with Crippen molar-refractivity contribution >= 4 is 18.2 Å². The van der Waals surface area contributed by atoms with Crippen molar-refractivity contribution in [3.63, 3.8) is 0 Å². The van der Waals surface area contributed by atoms with Crippen LogP contribution in [0.25, 0.3) is 0 Å². The van der Waals surface area contributed by atoms with E-state index in [0.29, 0.717) is 18.7 Å². The lowest BCUT2D eigenvalue weighted by Gasteiger charge is -2.24. The van der Waals surface area contributed by atoms with Gasteiger partial charge in [-0.25, -0.2) is 4.98 Å². The fourth-order valence-corrected chi connectivity index (χ4v) is 1.12. The number of ether oxygens (including phenoxy) is 1. The van der Waals surface area contributed by atoms with E-state index in [4.69, 9.17) is 4.74 Å². The van der Waals surface area contributed by atoms with E-state index in [1.54, 1.807) is 12.3 Å². The standard InChI is InChI=1S/C9H9NO2.ClH/c11-7-5-8(6-7)12-9-3-1-2-4-10-9;/h1-4,8H,5-6H2;1H. The lowest BCUT2D eigenvalue weighted by atomic mass is 9.94. The van der Waals surface area contributed by atoms with Crippen molar-refractivity contribution in [1.29, 1.82) is 0 Å². The first kappa shape index (κ1) is 9.99. The molecule has 0 atom stereocenters. The molecule has 4 heteroatoms. The van der Waals surface area contributed by atoms with Crippen molar-refractivity contribution in [2.45, 2.75) is 18.9 Å². The molecule has 1 heterocycles. The lowest BCUT2D eigenvalue weighted by molar-refractivity contribution is -0.129. The molecule has 0 amide bonds. The average Bonchev–Trinajstić information content (AvgIpc) is 2.04. The fourth-order valence-electron chi connectivity index (χ4n) is 1.12. The van der Waals surface area contributed by atoms with Gasteiger partial charge in [0, 0.05) is 25.1 Å². The minimum atomic E-state index is 0. The molecule has 2 rings (SSSR count). The second-order valence-electron chi connectivity index (χ2n) is 2.85. The van der Waals surface area contributed by atoms with Gasteiger partial charge in [0.05, 0.1) is 0 Å². The molecular formula is C9H10ClNO2. The molecule has 0 aliphatic heterocycles. The van der Waals surface area contributed by atoms with Crippen LogP contribution in [0.3, 0.4) is 0 Å². The molecule has 0 spiro atoms. The number of carbonyl (C=O) groups is 1. The first-order valence-corrected chi connectivity index (χ1v) is 3.94. The molecule has 70 valence electrons. The van der Waals surface area contributed by atoms with Gasteiger partial charge in [0.15, 0.2) is 0 Å². The molecule has 0 saturated heterocycles. The minimum absolute atomic E-state index is 0. The van der Waals surface area contributed by atoms with E-state index < -0.39 is 0 Å². The van der Waals surface area contributed by atoms with Gasteiger partial charge >= 0.3 is 0 Å². The van der Waals surface area contributed by atoms with Gasteiger partial charge in [0.2, 0.25) is 5.88 Å². The van der Waals surface area contributed by atoms with Crippen LogP contribution in [0.4, 0.5) is 0 Å². The summed E-state index contributed by atoms with van der Waals surface area (Å²) in [6.45, 7) is 0. The van der Waals surface area contributed by atoms with Crippen LogP contribution in [0.5, 0.6) is 5.88 Å². The van der Waals surface area contributed by atoms with Crippen molar-refractivity contribution in [2.24, 2.45) is 0 Å². The van der Waals surface area contributed by atoms with E-state index in [9.17, 15) is 4.79 Å². The molecule has 1 aromatic heterocycles. The van der Waals surface area contributed by atoms with E-state index in [-0.39, 0.29) is 24.3 Å². The van der Waals surface area contributed by atoms with E-state index in [2.05, 4.69) is 4.98 Å². The van der Waals surface area contributed by atoms with Crippen LogP contribution in [0.2, 0.25) is 0 Å². The molecule has 0 bridgehead atoms. The van der Waals surface area contributed by atoms with Gasteiger partial charge in [-0.15, -0.1) is 12.4 Å². The highest BCUT2D eigenvalue weighted by Crippen LogP contribution is 2.20. The van der Waals surface area contributed by atoms with Gasteiger partial charge in [0.1, 0.15) is 11.9 Å². The number of carbonyl (C=O) groups excluding carboxylic acids is 1. The molecule has 0 aromatic carbocycles. The van der Waals surface area contributed by atoms with Crippen LogP contribution < -0.4 is 4.74 Å². The van der Waals surface area contributed by atoms with Crippen molar-refractivity contribution in [2.75, 3.05) is 0 Å². The summed E-state index contributed by atoms with van der Waals surface area (Å²) in [5, 5.41) is 0. The number of rotatable bonds is 2. The highest BCUT2D eigenvalue weighted by Gasteiger charge is 2.28. The molecule has 1 aromatic rings. The maximum Gasteiger partial charge on any atom is 0.213 e. The number of ketones is 1. The van der Waals surface area contributed by atoms with Crippen molar-refractivity contribution in [1.82, 2.24) is 4.98 Å². The van der Waals surface area contributed by atoms with Crippen LogP contribution in [0.15, 0.2) is 24.4 Å². The minimum Gasteiger partial charge on any atom is -0.473 e. The van der Waals surface area contributed by atoms with Crippen LogP contribution in [0.1, 0.15) is 12.8 Å². The van der Waals surface area contributed by atoms with Gasteiger partial charge in [-0.05, 0) is 6.07 Å². The number of hydrogen-bond donors (Lipinski definition) is 0. The number of halogens is 1. The maximum atomic E-state index is 10.6. The van der Waals surface area contributed by atoms with Gasteiger partial charge in [-0.2, -0.15) is 0 Å². The third-order valence-electron chi connectivity index (χ3n) is 1.84. The Labute approximate surface area is 82.5 Å². The zero-order chi connectivity index (χ0) is 8.39. The Morgan fingerprint density at radius 1 is 1.38 bits per heavy atom. The predicted molar refractivity (Wildman–Crippen MR) is 50.1 cm³/mol. The summed E-state index contributed by atoms with van der Waals surface area (Å²) in [6, 6.07) is 5.49. The second-order valence-corrected chi connectivity index (χ2v) is 2.85. The van der Waals surface area contributed by atoms with E-state index >= 15 is 0 Å². The molecule has 0 radical (unpaired) electrons. The zero-order valence-electron chi connectivity index (χ0n) is 6.97. The topological polar surface area (TPSA) is 39.2 Å². The molecule has 1 fully saturated rings. The third kappa shape index (κ3) is 2.42. The molecular weight excluding hydrogens is 190 g/mol. The summed E-state index contributed by atoms with van der Waals surface area (Å²) < 4.78 is 5.39. The number of pyridine rings is 1.